The Morgan fingerprint density at radius 2 is 2.11 bits per heavy atom. The molecule has 0 saturated heterocycles. The van der Waals surface area contributed by atoms with Crippen LogP contribution in [0, 0.1) is 5.89 Å². The maximum Gasteiger partial charge on any atom is 0.0459 e. The van der Waals surface area contributed by atoms with E-state index in [1.807, 2.05) is 6.20 Å². The van der Waals surface area contributed by atoms with Gasteiger partial charge in [0, 0.05) is 19.8 Å². The first-order valence-electron chi connectivity index (χ1n) is 8.03. The van der Waals surface area contributed by atoms with E-state index >= 15 is 0 Å². The summed E-state index contributed by atoms with van der Waals surface area (Å²) in [4.78, 5) is 3.33. The second kappa shape index (κ2) is 3.40. The highest BCUT2D eigenvalue weighted by Crippen LogP contribution is 2.55. The van der Waals surface area contributed by atoms with Crippen molar-refractivity contribution in [2.24, 2.45) is 5.89 Å². The molecule has 1 fully saturated rings. The lowest BCUT2D eigenvalue weighted by atomic mass is 9.57. The summed E-state index contributed by atoms with van der Waals surface area (Å²) >= 11 is 0. The van der Waals surface area contributed by atoms with E-state index in [9.17, 15) is 1.37 Å². The third-order valence-electron chi connectivity index (χ3n) is 4.93. The molecule has 0 bridgehead atoms. The van der Waals surface area contributed by atoms with Crippen LogP contribution in [0.4, 0.5) is 0 Å². The number of aromatic nitrogens is 1. The van der Waals surface area contributed by atoms with Crippen LogP contribution in [-0.4, -0.2) is 4.98 Å². The van der Waals surface area contributed by atoms with Gasteiger partial charge in [-0.15, -0.1) is 0 Å². The zero-order chi connectivity index (χ0) is 14.2. The van der Waals surface area contributed by atoms with Gasteiger partial charge in [-0.3, -0.25) is 0 Å². The average Bonchev–Trinajstić information content (AvgIpc) is 2.85. The minimum absolute atomic E-state index is 0.288. The number of fused-ring (bicyclic) bond motifs is 2. The smallest absolute Gasteiger partial charge is 0.0459 e. The molecule has 1 N–H and O–H groups in total. The van der Waals surface area contributed by atoms with Crippen molar-refractivity contribution in [1.29, 1.82) is 0 Å². The summed E-state index contributed by atoms with van der Waals surface area (Å²) in [5, 5.41) is 1.21. The van der Waals surface area contributed by atoms with Gasteiger partial charge < -0.3 is 4.98 Å². The first kappa shape index (κ1) is 8.79. The van der Waals surface area contributed by atoms with Gasteiger partial charge in [-0.2, -0.15) is 0 Å². The molecule has 4 rings (SSSR count). The molecule has 1 heteroatoms. The summed E-state index contributed by atoms with van der Waals surface area (Å²) in [6.45, 7) is 4.33. The molecule has 0 radical (unpaired) electrons. The monoisotopic (exact) mass is 241 g/mol. The van der Waals surface area contributed by atoms with Crippen molar-refractivity contribution in [3.8, 4) is 0 Å². The van der Waals surface area contributed by atoms with Crippen LogP contribution in [0.1, 0.15) is 59.3 Å². The zero-order valence-corrected chi connectivity index (χ0v) is 11.1. The summed E-state index contributed by atoms with van der Waals surface area (Å²) in [5.74, 6) is -1.51. The summed E-state index contributed by atoms with van der Waals surface area (Å²) in [7, 11) is 0. The molecule has 0 amide bonds. The Labute approximate surface area is 111 Å². The van der Waals surface area contributed by atoms with Crippen molar-refractivity contribution >= 4 is 10.9 Å². The second-order valence-electron chi connectivity index (χ2n) is 6.22. The lowest BCUT2D eigenvalue weighted by Crippen LogP contribution is -2.38. The molecule has 1 aromatic carbocycles. The minimum Gasteiger partial charge on any atom is -0.361 e. The van der Waals surface area contributed by atoms with Gasteiger partial charge in [0.1, 0.15) is 0 Å². The Morgan fingerprint density at radius 3 is 3.00 bits per heavy atom. The molecule has 2 aliphatic carbocycles. The fraction of sp³-hybridized carbons (Fsp3) is 0.529. The number of nitrogens with one attached hydrogen (secondary N) is 1. The van der Waals surface area contributed by atoms with Crippen LogP contribution in [0.3, 0.4) is 0 Å². The second-order valence-corrected chi connectivity index (χ2v) is 6.22. The van der Waals surface area contributed by atoms with Gasteiger partial charge in [0.05, 0.1) is 0 Å². The number of H-pyrrole nitrogens is 1. The zero-order valence-electron chi connectivity index (χ0n) is 13.1. The quantitative estimate of drug-likeness (QED) is 0.686. The molecular formula is C17H21N. The van der Waals surface area contributed by atoms with Crippen LogP contribution in [-0.2, 0) is 5.41 Å². The van der Waals surface area contributed by atoms with Crippen molar-refractivity contribution in [2.75, 3.05) is 0 Å². The van der Waals surface area contributed by atoms with Gasteiger partial charge in [0.25, 0.3) is 0 Å². The number of hydrogen-bond acceptors (Lipinski definition) is 0. The summed E-state index contributed by atoms with van der Waals surface area (Å²) in [6, 6.07) is 6.31. The molecule has 2 atom stereocenters. The third kappa shape index (κ3) is 1.18. The van der Waals surface area contributed by atoms with Crippen LogP contribution in [0.15, 0.2) is 24.4 Å². The van der Waals surface area contributed by atoms with E-state index in [1.54, 1.807) is 0 Å². The van der Waals surface area contributed by atoms with E-state index in [0.717, 1.165) is 36.8 Å². The van der Waals surface area contributed by atoms with E-state index in [0.29, 0.717) is 0 Å². The molecule has 1 aromatic heterocycles. The Kier molecular flexibility index (Phi) is 1.66. The molecule has 1 nitrogen and oxygen atoms in total. The van der Waals surface area contributed by atoms with Crippen molar-refractivity contribution in [3.05, 3.63) is 35.5 Å². The molecule has 2 aliphatic rings. The predicted octanol–water partition coefficient (Wildman–Crippen LogP) is 4.73. The van der Waals surface area contributed by atoms with Crippen LogP contribution < -0.4 is 0 Å². The highest BCUT2D eigenvalue weighted by Gasteiger charge is 2.44. The molecular weight excluding hydrogens is 218 g/mol. The SMILES string of the molecule is [2H][C@@]12CCCC[C@]1([2H])C(C)(C)c1cccc3[nH]cc2c13. The van der Waals surface area contributed by atoms with Gasteiger partial charge in [-0.25, -0.2) is 0 Å². The first-order valence-corrected chi connectivity index (χ1v) is 7.03. The number of aromatic amines is 1. The maximum atomic E-state index is 9.21. The largest absolute Gasteiger partial charge is 0.361 e. The molecule has 94 valence electrons. The van der Waals surface area contributed by atoms with Crippen LogP contribution in [0.5, 0.6) is 0 Å². The van der Waals surface area contributed by atoms with Crippen LogP contribution in [0.2, 0.25) is 0 Å². The molecule has 1 heterocycles. The fourth-order valence-corrected chi connectivity index (χ4v) is 4.00. The molecule has 0 aliphatic heterocycles. The summed E-state index contributed by atoms with van der Waals surface area (Å²) in [5.41, 5.74) is 3.12. The van der Waals surface area contributed by atoms with Gasteiger partial charge in [-0.1, -0.05) is 38.8 Å². The number of benzene rings is 1. The summed E-state index contributed by atoms with van der Waals surface area (Å²) in [6.07, 6.45) is 5.76. The van der Waals surface area contributed by atoms with Gasteiger partial charge in [-0.05, 0) is 47.2 Å². The Hall–Kier alpha value is -1.24. The van der Waals surface area contributed by atoms with E-state index in [2.05, 4.69) is 37.0 Å². The normalized spacial score (nSPS) is 39.0. The van der Waals surface area contributed by atoms with Gasteiger partial charge in [0.15, 0.2) is 0 Å². The highest BCUT2D eigenvalue weighted by atomic mass is 14.7. The average molecular weight is 241 g/mol. The van der Waals surface area contributed by atoms with Crippen molar-refractivity contribution in [2.45, 2.75) is 50.8 Å². The molecule has 18 heavy (non-hydrogen) atoms. The maximum absolute atomic E-state index is 9.21. The van der Waals surface area contributed by atoms with Crippen molar-refractivity contribution in [1.82, 2.24) is 4.98 Å². The van der Waals surface area contributed by atoms with Gasteiger partial charge >= 0.3 is 0 Å². The van der Waals surface area contributed by atoms with E-state index in [1.165, 1.54) is 10.9 Å². The van der Waals surface area contributed by atoms with E-state index < -0.39 is 11.8 Å². The third-order valence-corrected chi connectivity index (χ3v) is 4.93. The Balaban J connectivity index is 2.16. The molecule has 0 unspecified atom stereocenters. The number of hydrogen-bond donors (Lipinski definition) is 1. The first-order chi connectivity index (χ1) is 9.42. The Morgan fingerprint density at radius 1 is 1.28 bits per heavy atom. The van der Waals surface area contributed by atoms with E-state index in [-0.39, 0.29) is 5.41 Å². The van der Waals surface area contributed by atoms with Crippen molar-refractivity contribution in [3.63, 3.8) is 0 Å². The number of rotatable bonds is 0. The van der Waals surface area contributed by atoms with Crippen LogP contribution >= 0.6 is 0 Å². The van der Waals surface area contributed by atoms with Crippen molar-refractivity contribution < 1.29 is 2.74 Å². The fourth-order valence-electron chi connectivity index (χ4n) is 4.00. The lowest BCUT2D eigenvalue weighted by Gasteiger charge is -2.46. The topological polar surface area (TPSA) is 15.8 Å². The predicted molar refractivity (Wildman–Crippen MR) is 76.0 cm³/mol. The van der Waals surface area contributed by atoms with Crippen LogP contribution in [0.25, 0.3) is 10.9 Å². The lowest BCUT2D eigenvalue weighted by molar-refractivity contribution is 0.196. The molecule has 0 spiro atoms. The van der Waals surface area contributed by atoms with E-state index in [4.69, 9.17) is 1.37 Å². The molecule has 2 aromatic rings. The Bertz CT molecular complexity index is 702. The molecule has 1 saturated carbocycles. The standard InChI is InChI=1S/C17H21N/c1-17(2)13-7-4-3-6-11(13)12-10-18-15-9-5-8-14(17)16(12)15/h5,8-11,13,18H,3-4,6-7H2,1-2H3/t11-,13-/m0/s1/i11D,13D. The summed E-state index contributed by atoms with van der Waals surface area (Å²) < 4.78 is 18.4. The highest BCUT2D eigenvalue weighted by molar-refractivity contribution is 5.89. The van der Waals surface area contributed by atoms with Gasteiger partial charge in [0.2, 0.25) is 0 Å². The minimum atomic E-state index is -0.776.